The molecule has 0 aliphatic carbocycles. The van der Waals surface area contributed by atoms with Crippen LogP contribution < -0.4 is 10.1 Å². The summed E-state index contributed by atoms with van der Waals surface area (Å²) in [5.74, 6) is 0.544. The van der Waals surface area contributed by atoms with Gasteiger partial charge in [-0.05, 0) is 24.3 Å². The summed E-state index contributed by atoms with van der Waals surface area (Å²) < 4.78 is 4.98. The number of carbonyl (C=O) groups is 1. The Labute approximate surface area is 88.1 Å². The zero-order chi connectivity index (χ0) is 10.6. The van der Waals surface area contributed by atoms with E-state index in [0.29, 0.717) is 5.56 Å². The van der Waals surface area contributed by atoms with Gasteiger partial charge in [0.1, 0.15) is 10.7 Å². The zero-order valence-corrected chi connectivity index (χ0v) is 8.85. The minimum Gasteiger partial charge on any atom is -0.497 e. The number of Topliss-reactive ketones (excluding diaryl/α,β-unsaturated/α-hetero) is 1. The maximum Gasteiger partial charge on any atom is 0.219 e. The predicted molar refractivity (Wildman–Crippen MR) is 59.0 cm³/mol. The zero-order valence-electron chi connectivity index (χ0n) is 8.03. The molecular weight excluding hydrogens is 198 g/mol. The molecule has 0 amide bonds. The summed E-state index contributed by atoms with van der Waals surface area (Å²) in [6, 6.07) is 6.83. The molecular formula is C10H11NO2S. The standard InChI is InChI=1S/C10H11NO2S/c1-11-10(14)9(12)7-3-5-8(13-2)6-4-7/h3-6H,1-2H3,(H,11,14). The Morgan fingerprint density at radius 1 is 1.36 bits per heavy atom. The number of likely N-dealkylation sites (N-methyl/N-ethyl adjacent to an activating group) is 1. The highest BCUT2D eigenvalue weighted by atomic mass is 32.1. The van der Waals surface area contributed by atoms with Crippen LogP contribution in [-0.4, -0.2) is 24.9 Å². The van der Waals surface area contributed by atoms with Gasteiger partial charge in [0.2, 0.25) is 5.78 Å². The van der Waals surface area contributed by atoms with Gasteiger partial charge >= 0.3 is 0 Å². The number of hydrogen-bond donors (Lipinski definition) is 1. The first kappa shape index (κ1) is 10.7. The number of thiocarbonyl (C=S) groups is 1. The van der Waals surface area contributed by atoms with Crippen LogP contribution in [0, 0.1) is 0 Å². The number of carbonyl (C=O) groups excluding carboxylic acids is 1. The first-order valence-electron chi connectivity index (χ1n) is 4.09. The molecule has 0 aliphatic heterocycles. The van der Waals surface area contributed by atoms with E-state index < -0.39 is 0 Å². The minimum absolute atomic E-state index is 0.176. The van der Waals surface area contributed by atoms with Gasteiger partial charge in [0.15, 0.2) is 0 Å². The molecule has 0 fully saturated rings. The Morgan fingerprint density at radius 2 is 1.93 bits per heavy atom. The highest BCUT2D eigenvalue weighted by molar-refractivity contribution is 7.82. The monoisotopic (exact) mass is 209 g/mol. The largest absolute Gasteiger partial charge is 0.497 e. The van der Waals surface area contributed by atoms with Crippen LogP contribution in [0.25, 0.3) is 0 Å². The molecule has 1 aromatic carbocycles. The van der Waals surface area contributed by atoms with Crippen molar-refractivity contribution in [3.8, 4) is 5.75 Å². The summed E-state index contributed by atoms with van der Waals surface area (Å²) in [7, 11) is 3.21. The molecule has 0 bridgehead atoms. The molecule has 0 aliphatic rings. The molecule has 0 spiro atoms. The maximum atomic E-state index is 11.5. The van der Waals surface area contributed by atoms with Gasteiger partial charge in [0.05, 0.1) is 7.11 Å². The number of ether oxygens (including phenoxy) is 1. The van der Waals surface area contributed by atoms with Crippen LogP contribution in [0.1, 0.15) is 10.4 Å². The van der Waals surface area contributed by atoms with Crippen molar-refractivity contribution in [3.63, 3.8) is 0 Å². The van der Waals surface area contributed by atoms with Crippen molar-refractivity contribution in [1.29, 1.82) is 0 Å². The van der Waals surface area contributed by atoms with Gasteiger partial charge in [-0.1, -0.05) is 12.2 Å². The molecule has 0 unspecified atom stereocenters. The third-order valence-electron chi connectivity index (χ3n) is 1.79. The molecule has 0 radical (unpaired) electrons. The Balaban J connectivity index is 2.87. The second-order valence-corrected chi connectivity index (χ2v) is 3.04. The average molecular weight is 209 g/mol. The average Bonchev–Trinajstić information content (AvgIpc) is 2.27. The van der Waals surface area contributed by atoms with Crippen LogP contribution >= 0.6 is 12.2 Å². The molecule has 0 saturated carbocycles. The lowest BCUT2D eigenvalue weighted by atomic mass is 10.1. The molecule has 0 heterocycles. The van der Waals surface area contributed by atoms with Gasteiger partial charge in [-0.25, -0.2) is 0 Å². The molecule has 74 valence electrons. The van der Waals surface area contributed by atoms with E-state index in [1.807, 2.05) is 0 Å². The van der Waals surface area contributed by atoms with E-state index in [9.17, 15) is 4.79 Å². The van der Waals surface area contributed by atoms with Crippen LogP contribution in [0.5, 0.6) is 5.75 Å². The third kappa shape index (κ3) is 2.29. The van der Waals surface area contributed by atoms with Crippen LogP contribution in [-0.2, 0) is 0 Å². The van der Waals surface area contributed by atoms with E-state index in [1.165, 1.54) is 0 Å². The second kappa shape index (κ2) is 4.72. The fourth-order valence-corrected chi connectivity index (χ4v) is 1.10. The predicted octanol–water partition coefficient (Wildman–Crippen LogP) is 1.42. The lowest BCUT2D eigenvalue weighted by molar-refractivity contribution is 0.106. The Bertz CT molecular complexity index is 346. The van der Waals surface area contributed by atoms with Crippen LogP contribution in [0.4, 0.5) is 0 Å². The maximum absolute atomic E-state index is 11.5. The summed E-state index contributed by atoms with van der Waals surface area (Å²) in [4.78, 5) is 11.7. The van der Waals surface area contributed by atoms with Gasteiger partial charge < -0.3 is 10.1 Å². The molecule has 1 aromatic rings. The van der Waals surface area contributed by atoms with Gasteiger partial charge in [-0.3, -0.25) is 4.79 Å². The van der Waals surface area contributed by atoms with E-state index in [-0.39, 0.29) is 10.8 Å². The Kier molecular flexibility index (Phi) is 3.59. The molecule has 14 heavy (non-hydrogen) atoms. The Morgan fingerprint density at radius 3 is 2.36 bits per heavy atom. The number of hydrogen-bond acceptors (Lipinski definition) is 3. The summed E-state index contributed by atoms with van der Waals surface area (Å²) in [5.41, 5.74) is 0.560. The summed E-state index contributed by atoms with van der Waals surface area (Å²) in [5, 5.41) is 2.64. The van der Waals surface area contributed by atoms with Crippen molar-refractivity contribution in [2.75, 3.05) is 14.2 Å². The van der Waals surface area contributed by atoms with E-state index in [4.69, 9.17) is 17.0 Å². The first-order chi connectivity index (χ1) is 6.69. The smallest absolute Gasteiger partial charge is 0.219 e. The van der Waals surface area contributed by atoms with Crippen LogP contribution in [0.15, 0.2) is 24.3 Å². The number of rotatable bonds is 3. The van der Waals surface area contributed by atoms with Gasteiger partial charge in [-0.2, -0.15) is 0 Å². The summed E-state index contributed by atoms with van der Waals surface area (Å²) >= 11 is 4.83. The third-order valence-corrected chi connectivity index (χ3v) is 2.18. The van der Waals surface area contributed by atoms with E-state index in [2.05, 4.69) is 5.32 Å². The van der Waals surface area contributed by atoms with Crippen molar-refractivity contribution in [2.45, 2.75) is 0 Å². The summed E-state index contributed by atoms with van der Waals surface area (Å²) in [6.45, 7) is 0. The lowest BCUT2D eigenvalue weighted by Gasteiger charge is -2.03. The molecule has 3 nitrogen and oxygen atoms in total. The fourth-order valence-electron chi connectivity index (χ4n) is 0.987. The van der Waals surface area contributed by atoms with Crippen molar-refractivity contribution in [3.05, 3.63) is 29.8 Å². The molecule has 0 atom stereocenters. The molecule has 0 saturated heterocycles. The molecule has 0 aromatic heterocycles. The van der Waals surface area contributed by atoms with E-state index >= 15 is 0 Å². The van der Waals surface area contributed by atoms with Crippen LogP contribution in [0.3, 0.4) is 0 Å². The number of nitrogens with one attached hydrogen (secondary N) is 1. The quantitative estimate of drug-likeness (QED) is 0.603. The van der Waals surface area contributed by atoms with Crippen molar-refractivity contribution >= 4 is 23.0 Å². The number of ketones is 1. The van der Waals surface area contributed by atoms with E-state index in [0.717, 1.165) is 5.75 Å². The van der Waals surface area contributed by atoms with E-state index in [1.54, 1.807) is 38.4 Å². The molecule has 1 N–H and O–H groups in total. The fraction of sp³-hybridized carbons (Fsp3) is 0.200. The first-order valence-corrected chi connectivity index (χ1v) is 4.50. The Hall–Kier alpha value is -1.42. The van der Waals surface area contributed by atoms with Crippen molar-refractivity contribution < 1.29 is 9.53 Å². The highest BCUT2D eigenvalue weighted by Crippen LogP contribution is 2.11. The van der Waals surface area contributed by atoms with Gasteiger partial charge in [-0.15, -0.1) is 0 Å². The van der Waals surface area contributed by atoms with Crippen molar-refractivity contribution in [1.82, 2.24) is 5.32 Å². The number of benzene rings is 1. The molecule has 4 heteroatoms. The lowest BCUT2D eigenvalue weighted by Crippen LogP contribution is -2.25. The highest BCUT2D eigenvalue weighted by Gasteiger charge is 2.09. The minimum atomic E-state index is -0.176. The van der Waals surface area contributed by atoms with Gasteiger partial charge in [0.25, 0.3) is 0 Å². The molecule has 1 rings (SSSR count). The second-order valence-electron chi connectivity index (χ2n) is 2.64. The van der Waals surface area contributed by atoms with Gasteiger partial charge in [0, 0.05) is 12.6 Å². The SMILES string of the molecule is CNC(=S)C(=O)c1ccc(OC)cc1. The number of methoxy groups -OCH3 is 1. The van der Waals surface area contributed by atoms with Crippen LogP contribution in [0.2, 0.25) is 0 Å². The topological polar surface area (TPSA) is 38.3 Å². The normalized spacial score (nSPS) is 9.29. The van der Waals surface area contributed by atoms with Crippen molar-refractivity contribution in [2.24, 2.45) is 0 Å². The summed E-state index contributed by atoms with van der Waals surface area (Å²) in [6.07, 6.45) is 0.